The maximum absolute atomic E-state index is 11.8. The van der Waals surface area contributed by atoms with Crippen molar-refractivity contribution in [3.63, 3.8) is 0 Å². The third-order valence-electron chi connectivity index (χ3n) is 8.03. The Balaban J connectivity index is 0.000000181. The predicted molar refractivity (Wildman–Crippen MR) is 180 cm³/mol. The third kappa shape index (κ3) is 9.36. The number of aromatic nitrogens is 4. The fourth-order valence-corrected chi connectivity index (χ4v) is 7.11. The first-order valence-corrected chi connectivity index (χ1v) is 17.2. The van der Waals surface area contributed by atoms with Crippen LogP contribution < -0.4 is 31.6 Å². The highest BCUT2D eigenvalue weighted by atomic mass is 32.1. The van der Waals surface area contributed by atoms with Crippen LogP contribution in [0.4, 0.5) is 21.4 Å². The van der Waals surface area contributed by atoms with Gasteiger partial charge < -0.3 is 31.6 Å². The SMILES string of the molecule is NC(=O)c1c(OCC2CCCCC2)nsc1Nc1cccnc1.NC(=O)c1c(OCC2CCCCC2)nsc1Nc1ccncc1. The maximum Gasteiger partial charge on any atom is 0.257 e. The molecule has 4 aromatic heterocycles. The molecule has 2 aliphatic carbocycles. The van der Waals surface area contributed by atoms with Crippen molar-refractivity contribution >= 4 is 56.3 Å². The Labute approximate surface area is 276 Å². The molecule has 0 saturated heterocycles. The van der Waals surface area contributed by atoms with Gasteiger partial charge in [0.2, 0.25) is 11.8 Å². The molecule has 4 heterocycles. The number of hydrogen-bond donors (Lipinski definition) is 4. The number of nitrogens with zero attached hydrogens (tertiary/aromatic N) is 4. The van der Waals surface area contributed by atoms with E-state index in [1.807, 2.05) is 24.3 Å². The Hall–Kier alpha value is -4.30. The van der Waals surface area contributed by atoms with Gasteiger partial charge >= 0.3 is 0 Å². The first-order chi connectivity index (χ1) is 22.5. The van der Waals surface area contributed by atoms with Gasteiger partial charge in [-0.25, -0.2) is 0 Å². The van der Waals surface area contributed by atoms with Crippen LogP contribution in [-0.4, -0.2) is 43.7 Å². The smallest absolute Gasteiger partial charge is 0.257 e. The van der Waals surface area contributed by atoms with E-state index >= 15 is 0 Å². The Bertz CT molecular complexity index is 1420. The Morgan fingerprint density at radius 3 is 1.65 bits per heavy atom. The van der Waals surface area contributed by atoms with Crippen molar-refractivity contribution in [1.82, 2.24) is 18.7 Å². The summed E-state index contributed by atoms with van der Waals surface area (Å²) in [5.74, 6) is 0.686. The number of nitrogens with two attached hydrogens (primary N) is 2. The Morgan fingerprint density at radius 2 is 1.20 bits per heavy atom. The molecule has 12 nitrogen and oxygen atoms in total. The van der Waals surface area contributed by atoms with Crippen LogP contribution in [0.1, 0.15) is 84.9 Å². The zero-order chi connectivity index (χ0) is 32.1. The standard InChI is InChI=1S/2C16H20N4O2S/c17-14(21)13-15(22-10-11-5-2-1-3-6-11)20-23-16(13)19-12-7-4-8-18-9-12;17-14(21)13-15(22-10-11-4-2-1-3-5-11)20-23-16(13)19-12-6-8-18-9-7-12/h4,7-9,11,19H,1-3,5-6,10H2,(H2,17,21);6-9,11H,1-5,10H2,(H2,17,21)(H,18,19). The van der Waals surface area contributed by atoms with E-state index in [9.17, 15) is 9.59 Å². The van der Waals surface area contributed by atoms with E-state index < -0.39 is 11.8 Å². The van der Waals surface area contributed by atoms with Crippen LogP contribution in [-0.2, 0) is 0 Å². The number of carbonyl (C=O) groups is 2. The van der Waals surface area contributed by atoms with Crippen molar-refractivity contribution in [1.29, 1.82) is 0 Å². The molecule has 0 aromatic carbocycles. The molecule has 0 atom stereocenters. The minimum atomic E-state index is -0.538. The highest BCUT2D eigenvalue weighted by Gasteiger charge is 2.24. The highest BCUT2D eigenvalue weighted by molar-refractivity contribution is 7.11. The van der Waals surface area contributed by atoms with Gasteiger partial charge in [0, 0.05) is 24.3 Å². The molecule has 2 amide bonds. The lowest BCUT2D eigenvalue weighted by Crippen LogP contribution is -2.18. The molecule has 6 N–H and O–H groups in total. The molecule has 46 heavy (non-hydrogen) atoms. The number of pyridine rings is 2. The molecule has 2 fully saturated rings. The summed E-state index contributed by atoms with van der Waals surface area (Å²) >= 11 is 2.35. The minimum Gasteiger partial charge on any atom is -0.476 e. The topological polar surface area (TPSA) is 180 Å². The third-order valence-corrected chi connectivity index (χ3v) is 9.52. The normalized spacial score (nSPS) is 15.3. The molecule has 0 bridgehead atoms. The van der Waals surface area contributed by atoms with E-state index in [0.717, 1.165) is 11.4 Å². The summed E-state index contributed by atoms with van der Waals surface area (Å²) in [6.45, 7) is 1.19. The molecule has 2 saturated carbocycles. The molecule has 6 rings (SSSR count). The molecule has 0 radical (unpaired) electrons. The second-order valence-electron chi connectivity index (χ2n) is 11.5. The lowest BCUT2D eigenvalue weighted by atomic mass is 9.90. The zero-order valence-corrected chi connectivity index (χ0v) is 27.3. The second kappa shape index (κ2) is 16.9. The first kappa shape index (κ1) is 33.1. The lowest BCUT2D eigenvalue weighted by molar-refractivity contribution is 0.0986. The fraction of sp³-hybridized carbons (Fsp3) is 0.438. The molecule has 244 valence electrons. The number of hydrogen-bond acceptors (Lipinski definition) is 12. The number of rotatable bonds is 12. The molecule has 2 aliphatic rings. The van der Waals surface area contributed by atoms with Crippen molar-refractivity contribution in [2.45, 2.75) is 64.2 Å². The van der Waals surface area contributed by atoms with Gasteiger partial charge in [-0.15, -0.1) is 0 Å². The van der Waals surface area contributed by atoms with Crippen molar-refractivity contribution in [2.24, 2.45) is 23.3 Å². The minimum absolute atomic E-state index is 0.315. The lowest BCUT2D eigenvalue weighted by Gasteiger charge is -2.21. The number of anilines is 4. The van der Waals surface area contributed by atoms with Gasteiger partial charge in [-0.1, -0.05) is 38.5 Å². The van der Waals surface area contributed by atoms with Crippen LogP contribution in [0.25, 0.3) is 0 Å². The van der Waals surface area contributed by atoms with E-state index in [1.165, 1.54) is 87.3 Å². The summed E-state index contributed by atoms with van der Waals surface area (Å²) in [6.07, 6.45) is 19.0. The highest BCUT2D eigenvalue weighted by Crippen LogP contribution is 2.35. The number of nitrogens with one attached hydrogen (secondary N) is 2. The first-order valence-electron chi connectivity index (χ1n) is 15.7. The second-order valence-corrected chi connectivity index (χ2v) is 13.0. The van der Waals surface area contributed by atoms with E-state index in [1.54, 1.807) is 24.8 Å². The van der Waals surface area contributed by atoms with Crippen molar-refractivity contribution < 1.29 is 19.1 Å². The van der Waals surface area contributed by atoms with Crippen LogP contribution in [0.3, 0.4) is 0 Å². The van der Waals surface area contributed by atoms with Gasteiger partial charge in [-0.2, -0.15) is 8.75 Å². The molecule has 4 aromatic rings. The molecule has 0 spiro atoms. The van der Waals surface area contributed by atoms with Crippen molar-refractivity contribution in [3.8, 4) is 11.8 Å². The molecule has 0 unspecified atom stereocenters. The average molecular weight is 665 g/mol. The zero-order valence-electron chi connectivity index (χ0n) is 25.7. The Kier molecular flexibility index (Phi) is 12.1. The maximum atomic E-state index is 11.8. The summed E-state index contributed by atoms with van der Waals surface area (Å²) in [5, 5.41) is 7.46. The van der Waals surface area contributed by atoms with Gasteiger partial charge in [0.1, 0.15) is 21.1 Å². The quantitative estimate of drug-likeness (QED) is 0.128. The van der Waals surface area contributed by atoms with Crippen LogP contribution >= 0.6 is 23.1 Å². The van der Waals surface area contributed by atoms with Gasteiger partial charge in [-0.05, 0) is 84.8 Å². The van der Waals surface area contributed by atoms with Crippen molar-refractivity contribution in [3.05, 3.63) is 60.2 Å². The van der Waals surface area contributed by atoms with Crippen LogP contribution in [0.2, 0.25) is 0 Å². The molecule has 0 aliphatic heterocycles. The average Bonchev–Trinajstić information content (AvgIpc) is 3.68. The Morgan fingerprint density at radius 1 is 0.696 bits per heavy atom. The molecular weight excluding hydrogens is 625 g/mol. The number of carbonyl (C=O) groups excluding carboxylic acids is 2. The predicted octanol–water partition coefficient (Wildman–Crippen LogP) is 6.68. The summed E-state index contributed by atoms with van der Waals surface area (Å²) in [4.78, 5) is 31.6. The summed E-state index contributed by atoms with van der Waals surface area (Å²) in [7, 11) is 0. The van der Waals surface area contributed by atoms with Crippen LogP contribution in [0.15, 0.2) is 49.1 Å². The van der Waals surface area contributed by atoms with E-state index in [2.05, 4.69) is 29.3 Å². The summed E-state index contributed by atoms with van der Waals surface area (Å²) in [6, 6.07) is 7.30. The summed E-state index contributed by atoms with van der Waals surface area (Å²) in [5.41, 5.74) is 13.3. The van der Waals surface area contributed by atoms with Crippen molar-refractivity contribution in [2.75, 3.05) is 23.8 Å². The van der Waals surface area contributed by atoms with Gasteiger partial charge in [0.15, 0.2) is 0 Å². The number of primary amides is 2. The van der Waals surface area contributed by atoms with E-state index in [4.69, 9.17) is 20.9 Å². The van der Waals surface area contributed by atoms with Gasteiger partial charge in [-0.3, -0.25) is 19.6 Å². The van der Waals surface area contributed by atoms with Gasteiger partial charge in [0.25, 0.3) is 11.8 Å². The largest absolute Gasteiger partial charge is 0.476 e. The van der Waals surface area contributed by atoms with Crippen LogP contribution in [0, 0.1) is 11.8 Å². The summed E-state index contributed by atoms with van der Waals surface area (Å²) < 4.78 is 20.1. The molecule has 14 heteroatoms. The van der Waals surface area contributed by atoms with Crippen LogP contribution in [0.5, 0.6) is 11.8 Å². The number of ether oxygens (including phenoxy) is 2. The van der Waals surface area contributed by atoms with E-state index in [-0.39, 0.29) is 0 Å². The fourth-order valence-electron chi connectivity index (χ4n) is 5.59. The number of amides is 2. The monoisotopic (exact) mass is 664 g/mol. The molecular formula is C32H40N8O4S2. The van der Waals surface area contributed by atoms with E-state index in [0.29, 0.717) is 57.9 Å². The van der Waals surface area contributed by atoms with Gasteiger partial charge in [0.05, 0.1) is 25.1 Å².